The predicted octanol–water partition coefficient (Wildman–Crippen LogP) is 3.37. The van der Waals surface area contributed by atoms with E-state index in [4.69, 9.17) is 9.63 Å². The van der Waals surface area contributed by atoms with Crippen molar-refractivity contribution in [2.24, 2.45) is 0 Å². The van der Waals surface area contributed by atoms with Crippen molar-refractivity contribution in [1.29, 1.82) is 0 Å². The fraction of sp³-hybridized carbons (Fsp3) is 0.385. The van der Waals surface area contributed by atoms with Gasteiger partial charge in [0.15, 0.2) is 0 Å². The summed E-state index contributed by atoms with van der Waals surface area (Å²) in [4.78, 5) is 4.06. The largest absolute Gasteiger partial charge is 0.416 e. The lowest BCUT2D eigenvalue weighted by molar-refractivity contribution is -0.137. The fourth-order valence-electron chi connectivity index (χ4n) is 1.53. The first-order valence-corrected chi connectivity index (χ1v) is 7.17. The maximum Gasteiger partial charge on any atom is 0.416 e. The molecule has 0 saturated heterocycles. The van der Waals surface area contributed by atoms with Gasteiger partial charge in [-0.3, -0.25) is 0 Å². The number of halogens is 3. The van der Waals surface area contributed by atoms with Gasteiger partial charge in [-0.25, -0.2) is 0 Å². The lowest BCUT2D eigenvalue weighted by atomic mass is 10.1. The Bertz CT molecular complexity index is 601. The van der Waals surface area contributed by atoms with Crippen LogP contribution in [0.2, 0.25) is 0 Å². The number of aliphatic hydroxyl groups is 1. The number of hydrogen-bond donors (Lipinski definition) is 1. The van der Waals surface area contributed by atoms with Gasteiger partial charge in [0, 0.05) is 10.8 Å². The van der Waals surface area contributed by atoms with Crippen molar-refractivity contribution >= 4 is 11.8 Å². The zero-order valence-electron chi connectivity index (χ0n) is 11.1. The molecule has 0 aliphatic rings. The molecule has 1 N–H and O–H groups in total. The van der Waals surface area contributed by atoms with Crippen LogP contribution in [0.5, 0.6) is 0 Å². The van der Waals surface area contributed by atoms with E-state index < -0.39 is 11.7 Å². The van der Waals surface area contributed by atoms with Crippen LogP contribution >= 0.6 is 11.8 Å². The van der Waals surface area contributed by atoms with Crippen LogP contribution in [0.25, 0.3) is 11.4 Å². The predicted molar refractivity (Wildman–Crippen MR) is 72.6 cm³/mol. The summed E-state index contributed by atoms with van der Waals surface area (Å²) >= 11 is 1.42. The lowest BCUT2D eigenvalue weighted by Crippen LogP contribution is -2.04. The summed E-state index contributed by atoms with van der Waals surface area (Å²) < 4.78 is 42.9. The number of alkyl halides is 3. The summed E-state index contributed by atoms with van der Waals surface area (Å²) in [6.45, 7) is 1.87. The van der Waals surface area contributed by atoms with E-state index in [1.54, 1.807) is 0 Å². The van der Waals surface area contributed by atoms with Gasteiger partial charge >= 0.3 is 6.18 Å². The first kappa shape index (κ1) is 15.8. The van der Waals surface area contributed by atoms with Crippen molar-refractivity contribution in [3.05, 3.63) is 35.7 Å². The first-order chi connectivity index (χ1) is 9.90. The van der Waals surface area contributed by atoms with Crippen LogP contribution in [0.3, 0.4) is 0 Å². The van der Waals surface area contributed by atoms with E-state index in [1.165, 1.54) is 23.9 Å². The van der Waals surface area contributed by atoms with Crippen molar-refractivity contribution in [2.45, 2.75) is 24.1 Å². The van der Waals surface area contributed by atoms with Crippen LogP contribution in [-0.2, 0) is 11.9 Å². The van der Waals surface area contributed by atoms with Crippen LogP contribution < -0.4 is 0 Å². The number of thioether (sulfide) groups is 1. The summed E-state index contributed by atoms with van der Waals surface area (Å²) in [5.74, 6) is 0.828. The lowest BCUT2D eigenvalue weighted by Gasteiger charge is -2.06. The molecule has 1 aromatic heterocycles. The Hall–Kier alpha value is -1.54. The second-order valence-electron chi connectivity index (χ2n) is 4.39. The topological polar surface area (TPSA) is 59.2 Å². The van der Waals surface area contributed by atoms with Crippen LogP contribution in [-0.4, -0.2) is 27.1 Å². The van der Waals surface area contributed by atoms with Crippen LogP contribution in [0.1, 0.15) is 18.4 Å². The van der Waals surface area contributed by atoms with Crippen molar-refractivity contribution in [1.82, 2.24) is 10.1 Å². The minimum Gasteiger partial charge on any atom is -0.395 e. The van der Waals surface area contributed by atoms with Gasteiger partial charge < -0.3 is 9.63 Å². The molecular formula is C13H13F3N2O2S. The number of nitrogens with zero attached hydrogens (tertiary/aromatic N) is 2. The molecule has 0 saturated carbocycles. The molecule has 1 aromatic carbocycles. The van der Waals surface area contributed by atoms with E-state index in [-0.39, 0.29) is 23.2 Å². The smallest absolute Gasteiger partial charge is 0.395 e. The second-order valence-corrected chi connectivity index (χ2v) is 5.82. The number of hydrogen-bond acceptors (Lipinski definition) is 5. The third-order valence-corrected chi connectivity index (χ3v) is 3.80. The number of aromatic nitrogens is 2. The number of rotatable bonds is 5. The van der Waals surface area contributed by atoms with Crippen molar-refractivity contribution in [2.75, 3.05) is 6.61 Å². The summed E-state index contributed by atoms with van der Waals surface area (Å²) in [6.07, 6.45) is -4.41. The highest BCUT2D eigenvalue weighted by Crippen LogP contribution is 2.31. The Morgan fingerprint density at radius 2 is 2.14 bits per heavy atom. The van der Waals surface area contributed by atoms with E-state index in [2.05, 4.69) is 10.1 Å². The number of aliphatic hydroxyl groups excluding tert-OH is 1. The van der Waals surface area contributed by atoms with Gasteiger partial charge in [0.2, 0.25) is 11.7 Å². The molecule has 2 aromatic rings. The molecule has 0 spiro atoms. The summed E-state index contributed by atoms with van der Waals surface area (Å²) in [5.41, 5.74) is -0.505. The normalized spacial score (nSPS) is 13.4. The zero-order chi connectivity index (χ0) is 15.5. The van der Waals surface area contributed by atoms with E-state index in [0.717, 1.165) is 12.1 Å². The standard InChI is InChI=1S/C13H13F3N2O2S/c1-8(6-19)21-7-11-17-12(18-20-11)9-3-2-4-10(5-9)13(14,15)16/h2-5,8,19H,6-7H2,1H3/t8-/m0/s1. The van der Waals surface area contributed by atoms with Gasteiger partial charge in [0.1, 0.15) is 0 Å². The monoisotopic (exact) mass is 318 g/mol. The summed E-state index contributed by atoms with van der Waals surface area (Å²) in [5, 5.41) is 12.6. The van der Waals surface area contributed by atoms with E-state index in [1.807, 2.05) is 6.92 Å². The molecule has 0 aliphatic heterocycles. The zero-order valence-corrected chi connectivity index (χ0v) is 11.9. The van der Waals surface area contributed by atoms with E-state index >= 15 is 0 Å². The number of benzene rings is 1. The van der Waals surface area contributed by atoms with Crippen LogP contribution in [0.15, 0.2) is 28.8 Å². The molecule has 0 aliphatic carbocycles. The summed E-state index contributed by atoms with van der Waals surface area (Å²) in [6, 6.07) is 4.77. The Kier molecular flexibility index (Phi) is 4.89. The molecule has 8 heteroatoms. The van der Waals surface area contributed by atoms with E-state index in [9.17, 15) is 13.2 Å². The first-order valence-electron chi connectivity index (χ1n) is 6.13. The third kappa shape index (κ3) is 4.21. The molecule has 1 heterocycles. The third-order valence-electron chi connectivity index (χ3n) is 2.66. The highest BCUT2D eigenvalue weighted by Gasteiger charge is 2.30. The summed E-state index contributed by atoms with van der Waals surface area (Å²) in [7, 11) is 0. The Balaban J connectivity index is 2.14. The minimum absolute atomic E-state index is 0.0221. The second kappa shape index (κ2) is 6.48. The van der Waals surface area contributed by atoms with Crippen LogP contribution in [0, 0.1) is 0 Å². The molecule has 0 radical (unpaired) electrons. The molecule has 0 fully saturated rings. The Labute approximate surface area is 123 Å². The van der Waals surface area contributed by atoms with Gasteiger partial charge in [-0.1, -0.05) is 24.2 Å². The minimum atomic E-state index is -4.41. The van der Waals surface area contributed by atoms with Crippen molar-refractivity contribution in [3.63, 3.8) is 0 Å². The van der Waals surface area contributed by atoms with Gasteiger partial charge in [-0.15, -0.1) is 11.8 Å². The maximum atomic E-state index is 12.6. The average molecular weight is 318 g/mol. The Morgan fingerprint density at radius 3 is 2.81 bits per heavy atom. The van der Waals surface area contributed by atoms with Gasteiger partial charge in [-0.2, -0.15) is 18.2 Å². The molecule has 21 heavy (non-hydrogen) atoms. The Morgan fingerprint density at radius 1 is 1.38 bits per heavy atom. The molecule has 4 nitrogen and oxygen atoms in total. The molecule has 1 atom stereocenters. The molecular weight excluding hydrogens is 305 g/mol. The van der Waals surface area contributed by atoms with Crippen LogP contribution in [0.4, 0.5) is 13.2 Å². The van der Waals surface area contributed by atoms with Gasteiger partial charge in [-0.05, 0) is 12.1 Å². The molecule has 0 unspecified atom stereocenters. The molecule has 2 rings (SSSR count). The quantitative estimate of drug-likeness (QED) is 0.916. The highest BCUT2D eigenvalue weighted by molar-refractivity contribution is 7.99. The average Bonchev–Trinajstić information content (AvgIpc) is 2.93. The van der Waals surface area contributed by atoms with Gasteiger partial charge in [0.25, 0.3) is 0 Å². The van der Waals surface area contributed by atoms with Crippen molar-refractivity contribution < 1.29 is 22.8 Å². The van der Waals surface area contributed by atoms with Crippen molar-refractivity contribution in [3.8, 4) is 11.4 Å². The fourth-order valence-corrected chi connectivity index (χ4v) is 2.18. The maximum absolute atomic E-state index is 12.6. The molecule has 0 amide bonds. The SMILES string of the molecule is C[C@@H](CO)SCc1nc(-c2cccc(C(F)(F)F)c2)no1. The highest BCUT2D eigenvalue weighted by atomic mass is 32.2. The molecule has 114 valence electrons. The van der Waals surface area contributed by atoms with E-state index in [0.29, 0.717) is 11.6 Å². The van der Waals surface area contributed by atoms with Gasteiger partial charge in [0.05, 0.1) is 17.9 Å². The molecule has 0 bridgehead atoms.